The molecule has 0 saturated heterocycles. The highest BCUT2D eigenvalue weighted by molar-refractivity contribution is 6.34. The molecule has 6 nitrogen and oxygen atoms in total. The number of nitrogens with zero attached hydrogens (tertiary/aromatic N) is 1. The Morgan fingerprint density at radius 3 is 2.37 bits per heavy atom. The van der Waals surface area contributed by atoms with E-state index in [1.807, 2.05) is 38.1 Å². The van der Waals surface area contributed by atoms with Gasteiger partial charge in [-0.05, 0) is 59.7 Å². The van der Waals surface area contributed by atoms with Crippen molar-refractivity contribution in [2.75, 3.05) is 0 Å². The van der Waals surface area contributed by atoms with Gasteiger partial charge in [-0.25, -0.2) is 4.79 Å². The standard InChI is InChI=1S/C29H24Cl3NO5/c1-17(2)28-25(27(33-38-28)16-37-24-12-21(30)11-22(31)13-24)15-36-23-9-8-19(26(32)14-23)7-6-18-4-3-5-20(10-18)29(34)35/h3-14,17H,15-16H2,1-2H3,(H,34,35)/b7-6+. The number of ether oxygens (including phenoxy) is 2. The van der Waals surface area contributed by atoms with Crippen LogP contribution in [0.3, 0.4) is 0 Å². The van der Waals surface area contributed by atoms with Gasteiger partial charge in [0.15, 0.2) is 0 Å². The van der Waals surface area contributed by atoms with Gasteiger partial charge in [0.25, 0.3) is 0 Å². The van der Waals surface area contributed by atoms with Crippen LogP contribution >= 0.6 is 34.8 Å². The van der Waals surface area contributed by atoms with Crippen LogP contribution in [-0.2, 0) is 13.2 Å². The van der Waals surface area contributed by atoms with Crippen LogP contribution in [0.15, 0.2) is 65.2 Å². The van der Waals surface area contributed by atoms with E-state index in [9.17, 15) is 4.79 Å². The molecule has 0 saturated carbocycles. The number of hydrogen-bond acceptors (Lipinski definition) is 5. The Hall–Kier alpha value is -3.45. The summed E-state index contributed by atoms with van der Waals surface area (Å²) in [5.41, 5.74) is 3.15. The fourth-order valence-corrected chi connectivity index (χ4v) is 4.43. The molecule has 0 fully saturated rings. The largest absolute Gasteiger partial charge is 0.489 e. The Morgan fingerprint density at radius 1 is 0.947 bits per heavy atom. The third-order valence-corrected chi connectivity index (χ3v) is 6.34. The van der Waals surface area contributed by atoms with E-state index >= 15 is 0 Å². The van der Waals surface area contributed by atoms with Gasteiger partial charge in [-0.15, -0.1) is 0 Å². The number of aromatic nitrogens is 1. The second-order valence-electron chi connectivity index (χ2n) is 8.76. The van der Waals surface area contributed by atoms with E-state index in [2.05, 4.69) is 5.16 Å². The third-order valence-electron chi connectivity index (χ3n) is 5.58. The van der Waals surface area contributed by atoms with Gasteiger partial charge in [0.1, 0.15) is 36.2 Å². The van der Waals surface area contributed by atoms with E-state index in [1.165, 1.54) is 0 Å². The van der Waals surface area contributed by atoms with Gasteiger partial charge < -0.3 is 19.1 Å². The lowest BCUT2D eigenvalue weighted by Gasteiger charge is -2.11. The van der Waals surface area contributed by atoms with Gasteiger partial charge in [0.2, 0.25) is 0 Å². The zero-order valence-corrected chi connectivity index (χ0v) is 22.8. The molecule has 0 unspecified atom stereocenters. The van der Waals surface area contributed by atoms with Crippen molar-refractivity contribution in [3.63, 3.8) is 0 Å². The normalized spacial score (nSPS) is 11.3. The Balaban J connectivity index is 1.46. The van der Waals surface area contributed by atoms with Crippen molar-refractivity contribution in [1.82, 2.24) is 5.16 Å². The van der Waals surface area contributed by atoms with Crippen LogP contribution in [0.25, 0.3) is 12.2 Å². The second kappa shape index (κ2) is 12.4. The molecule has 38 heavy (non-hydrogen) atoms. The van der Waals surface area contributed by atoms with Crippen molar-refractivity contribution in [1.29, 1.82) is 0 Å². The molecule has 196 valence electrons. The first-order chi connectivity index (χ1) is 18.2. The SMILES string of the molecule is CC(C)c1onc(COc2cc(Cl)cc(Cl)c2)c1COc1ccc(/C=C/c2cccc(C(=O)O)c2)c(Cl)c1. The smallest absolute Gasteiger partial charge is 0.335 e. The van der Waals surface area contributed by atoms with Crippen LogP contribution in [0.4, 0.5) is 0 Å². The highest BCUT2D eigenvalue weighted by Gasteiger charge is 2.20. The van der Waals surface area contributed by atoms with Crippen LogP contribution in [0.5, 0.6) is 11.5 Å². The van der Waals surface area contributed by atoms with Crippen molar-refractivity contribution in [2.24, 2.45) is 0 Å². The van der Waals surface area contributed by atoms with Gasteiger partial charge in [0, 0.05) is 16.0 Å². The predicted octanol–water partition coefficient (Wildman–Crippen LogP) is 8.78. The number of rotatable bonds is 10. The highest BCUT2D eigenvalue weighted by Crippen LogP contribution is 2.29. The first-order valence-electron chi connectivity index (χ1n) is 11.7. The average Bonchev–Trinajstić information content (AvgIpc) is 3.28. The molecule has 0 aliphatic carbocycles. The van der Waals surface area contributed by atoms with Gasteiger partial charge >= 0.3 is 5.97 Å². The quantitative estimate of drug-likeness (QED) is 0.191. The van der Waals surface area contributed by atoms with E-state index in [1.54, 1.807) is 48.5 Å². The van der Waals surface area contributed by atoms with Crippen molar-refractivity contribution >= 4 is 52.9 Å². The summed E-state index contributed by atoms with van der Waals surface area (Å²) in [6.07, 6.45) is 3.63. The molecule has 0 aliphatic rings. The predicted molar refractivity (Wildman–Crippen MR) is 149 cm³/mol. The van der Waals surface area contributed by atoms with Gasteiger partial charge in [0.05, 0.1) is 16.1 Å². The maximum atomic E-state index is 11.2. The van der Waals surface area contributed by atoms with E-state index in [0.717, 1.165) is 16.7 Å². The minimum atomic E-state index is -0.975. The fourth-order valence-electron chi connectivity index (χ4n) is 3.69. The lowest BCUT2D eigenvalue weighted by atomic mass is 10.1. The van der Waals surface area contributed by atoms with Crippen LogP contribution < -0.4 is 9.47 Å². The molecule has 0 amide bonds. The number of halogens is 3. The van der Waals surface area contributed by atoms with Crippen molar-refractivity contribution in [3.05, 3.63) is 109 Å². The van der Waals surface area contributed by atoms with Crippen molar-refractivity contribution in [3.8, 4) is 11.5 Å². The summed E-state index contributed by atoms with van der Waals surface area (Å²) < 4.78 is 17.5. The minimum absolute atomic E-state index is 0.0891. The lowest BCUT2D eigenvalue weighted by Crippen LogP contribution is -2.05. The van der Waals surface area contributed by atoms with E-state index in [4.69, 9.17) is 53.9 Å². The van der Waals surface area contributed by atoms with Crippen LogP contribution in [0.2, 0.25) is 15.1 Å². The molecule has 1 heterocycles. The first-order valence-corrected chi connectivity index (χ1v) is 12.8. The summed E-state index contributed by atoms with van der Waals surface area (Å²) in [6, 6.07) is 17.0. The molecule has 4 aromatic rings. The van der Waals surface area contributed by atoms with Gasteiger partial charge in [-0.1, -0.05) is 78.1 Å². The summed E-state index contributed by atoms with van der Waals surface area (Å²) in [5, 5.41) is 14.8. The van der Waals surface area contributed by atoms with Crippen molar-refractivity contribution < 1.29 is 23.9 Å². The minimum Gasteiger partial charge on any atom is -0.489 e. The lowest BCUT2D eigenvalue weighted by molar-refractivity contribution is 0.0697. The summed E-state index contributed by atoms with van der Waals surface area (Å²) in [4.78, 5) is 11.2. The molecule has 9 heteroatoms. The Labute approximate surface area is 235 Å². The highest BCUT2D eigenvalue weighted by atomic mass is 35.5. The van der Waals surface area contributed by atoms with Crippen LogP contribution in [-0.4, -0.2) is 16.2 Å². The summed E-state index contributed by atoms with van der Waals surface area (Å²) >= 11 is 18.6. The van der Waals surface area contributed by atoms with E-state index in [0.29, 0.717) is 38.0 Å². The third kappa shape index (κ3) is 7.10. The summed E-state index contributed by atoms with van der Waals surface area (Å²) in [6.45, 7) is 4.38. The number of carboxylic acid groups (broad SMARTS) is 1. The molecular formula is C29H24Cl3NO5. The fraction of sp³-hybridized carbons (Fsp3) is 0.172. The van der Waals surface area contributed by atoms with Crippen LogP contribution in [0.1, 0.15) is 58.3 Å². The maximum absolute atomic E-state index is 11.2. The van der Waals surface area contributed by atoms with E-state index < -0.39 is 5.97 Å². The second-order valence-corrected chi connectivity index (χ2v) is 10.0. The first kappa shape index (κ1) is 27.6. The number of carboxylic acids is 1. The molecule has 0 spiro atoms. The molecule has 0 bridgehead atoms. The molecule has 0 atom stereocenters. The summed E-state index contributed by atoms with van der Waals surface area (Å²) in [5.74, 6) is 0.919. The Bertz CT molecular complexity index is 1460. The number of carbonyl (C=O) groups is 1. The van der Waals surface area contributed by atoms with Crippen LogP contribution in [0, 0.1) is 0 Å². The molecule has 3 aromatic carbocycles. The van der Waals surface area contributed by atoms with Gasteiger partial charge in [-0.2, -0.15) is 0 Å². The maximum Gasteiger partial charge on any atom is 0.335 e. The number of hydrogen-bond donors (Lipinski definition) is 1. The Kier molecular flexibility index (Phi) is 9.00. The summed E-state index contributed by atoms with van der Waals surface area (Å²) in [7, 11) is 0. The molecular weight excluding hydrogens is 549 g/mol. The van der Waals surface area contributed by atoms with Crippen molar-refractivity contribution in [2.45, 2.75) is 33.0 Å². The molecule has 1 N–H and O–H groups in total. The Morgan fingerprint density at radius 2 is 1.68 bits per heavy atom. The average molecular weight is 573 g/mol. The van der Waals surface area contributed by atoms with E-state index in [-0.39, 0.29) is 24.7 Å². The molecule has 4 rings (SSSR count). The molecule has 1 aromatic heterocycles. The number of benzene rings is 3. The zero-order chi connectivity index (χ0) is 27.2. The molecule has 0 radical (unpaired) electrons. The monoisotopic (exact) mass is 571 g/mol. The topological polar surface area (TPSA) is 81.8 Å². The molecule has 0 aliphatic heterocycles. The number of aromatic carboxylic acids is 1. The van der Waals surface area contributed by atoms with Gasteiger partial charge in [-0.3, -0.25) is 0 Å². The zero-order valence-electron chi connectivity index (χ0n) is 20.6.